The van der Waals surface area contributed by atoms with Crippen molar-refractivity contribution < 1.29 is 19.4 Å². The lowest BCUT2D eigenvalue weighted by molar-refractivity contribution is -0.137. The van der Waals surface area contributed by atoms with Crippen LogP contribution < -0.4 is 0 Å². The van der Waals surface area contributed by atoms with E-state index in [1.54, 1.807) is 23.9 Å². The minimum atomic E-state index is -0.825. The Bertz CT molecular complexity index is 303. The first kappa shape index (κ1) is 15.8. The molecule has 0 aliphatic carbocycles. The Hall–Kier alpha value is -1.30. The molecule has 1 unspecified atom stereocenters. The van der Waals surface area contributed by atoms with Gasteiger partial charge in [0.1, 0.15) is 0 Å². The summed E-state index contributed by atoms with van der Waals surface area (Å²) in [6.45, 7) is 2.71. The quantitative estimate of drug-likeness (QED) is 0.790. The summed E-state index contributed by atoms with van der Waals surface area (Å²) in [5, 5.41) is 8.56. The van der Waals surface area contributed by atoms with E-state index in [2.05, 4.69) is 0 Å². The molecule has 1 atom stereocenters. The molecule has 6 nitrogen and oxygen atoms in total. The van der Waals surface area contributed by atoms with Gasteiger partial charge in [-0.2, -0.15) is 0 Å². The van der Waals surface area contributed by atoms with Crippen molar-refractivity contribution in [1.82, 2.24) is 9.80 Å². The lowest BCUT2D eigenvalue weighted by atomic mass is 10.0. The minimum absolute atomic E-state index is 0.0593. The zero-order valence-corrected chi connectivity index (χ0v) is 11.8. The van der Waals surface area contributed by atoms with Crippen LogP contribution >= 0.6 is 0 Å². The second-order valence-electron chi connectivity index (χ2n) is 5.17. The summed E-state index contributed by atoms with van der Waals surface area (Å²) in [6, 6.07) is -0.0593. The van der Waals surface area contributed by atoms with E-state index in [9.17, 15) is 9.59 Å². The highest BCUT2D eigenvalue weighted by molar-refractivity contribution is 5.74. The highest BCUT2D eigenvalue weighted by atomic mass is 16.5. The third-order valence-corrected chi connectivity index (χ3v) is 3.32. The van der Waals surface area contributed by atoms with E-state index in [-0.39, 0.29) is 12.5 Å². The Morgan fingerprint density at radius 3 is 2.63 bits per heavy atom. The molecule has 1 aliphatic rings. The number of nitrogens with zero attached hydrogens (tertiary/aromatic N) is 2. The van der Waals surface area contributed by atoms with Gasteiger partial charge < -0.3 is 19.6 Å². The Kier molecular flexibility index (Phi) is 6.62. The molecular formula is C13H24N2O4. The SMILES string of the molecule is CN(CCCC(=O)O)C(=O)N(C)CC1CCCOC1. The summed E-state index contributed by atoms with van der Waals surface area (Å²) in [4.78, 5) is 25.7. The summed E-state index contributed by atoms with van der Waals surface area (Å²) < 4.78 is 5.40. The summed E-state index contributed by atoms with van der Waals surface area (Å²) in [7, 11) is 3.49. The highest BCUT2D eigenvalue weighted by Gasteiger charge is 2.20. The topological polar surface area (TPSA) is 70.1 Å². The molecule has 19 heavy (non-hydrogen) atoms. The standard InChI is InChI=1S/C13H24N2O4/c1-14(7-3-6-12(16)17)13(18)15(2)9-11-5-4-8-19-10-11/h11H,3-10H2,1-2H3,(H,16,17). The number of carbonyl (C=O) groups is 2. The number of urea groups is 1. The summed E-state index contributed by atoms with van der Waals surface area (Å²) >= 11 is 0. The maximum atomic E-state index is 12.1. The van der Waals surface area contributed by atoms with Crippen molar-refractivity contribution in [1.29, 1.82) is 0 Å². The minimum Gasteiger partial charge on any atom is -0.481 e. The first-order chi connectivity index (χ1) is 9.00. The van der Waals surface area contributed by atoms with Gasteiger partial charge in [0, 0.05) is 46.1 Å². The molecule has 1 saturated heterocycles. The van der Waals surface area contributed by atoms with E-state index in [1.165, 1.54) is 0 Å². The number of carboxylic acids is 1. The average molecular weight is 272 g/mol. The molecule has 110 valence electrons. The summed E-state index contributed by atoms with van der Waals surface area (Å²) in [5.74, 6) is -0.413. The van der Waals surface area contributed by atoms with Crippen LogP contribution in [0.25, 0.3) is 0 Å². The number of ether oxygens (including phenoxy) is 1. The van der Waals surface area contributed by atoms with Gasteiger partial charge in [0.2, 0.25) is 0 Å². The van der Waals surface area contributed by atoms with Crippen molar-refractivity contribution in [2.24, 2.45) is 5.92 Å². The van der Waals surface area contributed by atoms with E-state index in [1.807, 2.05) is 0 Å². The maximum Gasteiger partial charge on any atom is 0.319 e. The first-order valence-corrected chi connectivity index (χ1v) is 6.76. The summed E-state index contributed by atoms with van der Waals surface area (Å²) in [5.41, 5.74) is 0. The summed E-state index contributed by atoms with van der Waals surface area (Å²) in [6.07, 6.45) is 2.73. The largest absolute Gasteiger partial charge is 0.481 e. The van der Waals surface area contributed by atoms with Crippen LogP contribution in [0, 0.1) is 5.92 Å². The van der Waals surface area contributed by atoms with Crippen molar-refractivity contribution >= 4 is 12.0 Å². The van der Waals surface area contributed by atoms with E-state index in [0.717, 1.165) is 26.1 Å². The Labute approximate surface area is 114 Å². The van der Waals surface area contributed by atoms with Gasteiger partial charge in [-0.3, -0.25) is 4.79 Å². The molecule has 0 radical (unpaired) electrons. The number of aliphatic carboxylic acids is 1. The normalized spacial score (nSPS) is 18.9. The Balaban J connectivity index is 2.27. The van der Waals surface area contributed by atoms with Gasteiger partial charge in [-0.25, -0.2) is 4.79 Å². The molecule has 1 heterocycles. The number of hydrogen-bond acceptors (Lipinski definition) is 3. The maximum absolute atomic E-state index is 12.1. The fourth-order valence-electron chi connectivity index (χ4n) is 2.27. The highest BCUT2D eigenvalue weighted by Crippen LogP contribution is 2.15. The molecule has 0 aromatic carbocycles. The van der Waals surface area contributed by atoms with Gasteiger partial charge in [-0.05, 0) is 19.3 Å². The molecule has 1 fully saturated rings. The zero-order valence-electron chi connectivity index (χ0n) is 11.8. The third-order valence-electron chi connectivity index (χ3n) is 3.32. The van der Waals surface area contributed by atoms with Crippen molar-refractivity contribution in [3.05, 3.63) is 0 Å². The molecule has 1 rings (SSSR count). The molecule has 0 aromatic heterocycles. The Morgan fingerprint density at radius 1 is 1.32 bits per heavy atom. The van der Waals surface area contributed by atoms with Crippen molar-refractivity contribution in [2.75, 3.05) is 40.4 Å². The van der Waals surface area contributed by atoms with Crippen LogP contribution in [0.2, 0.25) is 0 Å². The molecule has 0 saturated carbocycles. The van der Waals surface area contributed by atoms with Gasteiger partial charge in [0.25, 0.3) is 0 Å². The fourth-order valence-corrected chi connectivity index (χ4v) is 2.27. The van der Waals surface area contributed by atoms with Crippen LogP contribution in [0.4, 0.5) is 4.79 Å². The zero-order chi connectivity index (χ0) is 14.3. The van der Waals surface area contributed by atoms with Gasteiger partial charge in [-0.1, -0.05) is 0 Å². The van der Waals surface area contributed by atoms with E-state index >= 15 is 0 Å². The van der Waals surface area contributed by atoms with E-state index < -0.39 is 5.97 Å². The smallest absolute Gasteiger partial charge is 0.319 e. The van der Waals surface area contributed by atoms with Crippen molar-refractivity contribution in [3.63, 3.8) is 0 Å². The van der Waals surface area contributed by atoms with Crippen LogP contribution in [-0.4, -0.2) is 67.3 Å². The van der Waals surface area contributed by atoms with Gasteiger partial charge in [-0.15, -0.1) is 0 Å². The predicted molar refractivity (Wildman–Crippen MR) is 71.1 cm³/mol. The number of hydrogen-bond donors (Lipinski definition) is 1. The van der Waals surface area contributed by atoms with Crippen molar-refractivity contribution in [2.45, 2.75) is 25.7 Å². The average Bonchev–Trinajstić information content (AvgIpc) is 2.38. The number of rotatable bonds is 6. The molecular weight excluding hydrogens is 248 g/mol. The molecule has 0 spiro atoms. The number of carbonyl (C=O) groups excluding carboxylic acids is 1. The molecule has 0 aromatic rings. The van der Waals surface area contributed by atoms with Crippen LogP contribution in [-0.2, 0) is 9.53 Å². The molecule has 1 N–H and O–H groups in total. The second-order valence-corrected chi connectivity index (χ2v) is 5.17. The lowest BCUT2D eigenvalue weighted by Gasteiger charge is -2.30. The fraction of sp³-hybridized carbons (Fsp3) is 0.846. The van der Waals surface area contributed by atoms with Gasteiger partial charge in [0.15, 0.2) is 0 Å². The second kappa shape index (κ2) is 7.99. The van der Waals surface area contributed by atoms with Crippen LogP contribution in [0.5, 0.6) is 0 Å². The third kappa shape index (κ3) is 5.92. The van der Waals surface area contributed by atoms with Crippen LogP contribution in [0.1, 0.15) is 25.7 Å². The first-order valence-electron chi connectivity index (χ1n) is 6.76. The van der Waals surface area contributed by atoms with Crippen molar-refractivity contribution in [3.8, 4) is 0 Å². The number of amides is 2. The van der Waals surface area contributed by atoms with E-state index in [0.29, 0.717) is 25.4 Å². The van der Waals surface area contributed by atoms with Gasteiger partial charge in [0.05, 0.1) is 6.61 Å². The molecule has 6 heteroatoms. The molecule has 2 amide bonds. The molecule has 1 aliphatic heterocycles. The Morgan fingerprint density at radius 2 is 2.05 bits per heavy atom. The number of carboxylic acid groups (broad SMARTS) is 1. The monoisotopic (exact) mass is 272 g/mol. The van der Waals surface area contributed by atoms with E-state index in [4.69, 9.17) is 9.84 Å². The molecule has 0 bridgehead atoms. The predicted octanol–water partition coefficient (Wildman–Crippen LogP) is 1.26. The van der Waals surface area contributed by atoms with Crippen LogP contribution in [0.15, 0.2) is 0 Å². The lowest BCUT2D eigenvalue weighted by Crippen LogP contribution is -2.42. The van der Waals surface area contributed by atoms with Crippen LogP contribution in [0.3, 0.4) is 0 Å². The van der Waals surface area contributed by atoms with Gasteiger partial charge >= 0.3 is 12.0 Å².